The highest BCUT2D eigenvalue weighted by Gasteiger charge is 2.40. The highest BCUT2D eigenvalue weighted by molar-refractivity contribution is 5.98. The van der Waals surface area contributed by atoms with Crippen molar-refractivity contribution in [1.29, 1.82) is 0 Å². The zero-order valence-electron chi connectivity index (χ0n) is 41.8. The molecule has 10 amide bonds. The van der Waals surface area contributed by atoms with Crippen molar-refractivity contribution >= 4 is 65.0 Å². The Morgan fingerprint density at radius 3 is 1.61 bits per heavy atom. The largest absolute Gasteiger partial charge is 0.508 e. The van der Waals surface area contributed by atoms with E-state index in [1.807, 2.05) is 13.8 Å². The summed E-state index contributed by atoms with van der Waals surface area (Å²) in [5.74, 6) is -11.0. The molecule has 75 heavy (non-hydrogen) atoms. The van der Waals surface area contributed by atoms with Crippen molar-refractivity contribution in [2.45, 2.75) is 133 Å². The molecule has 0 bridgehead atoms. The molecule has 1 aliphatic rings. The summed E-state index contributed by atoms with van der Waals surface area (Å²) >= 11 is 0. The molecule has 2 aromatic rings. The second-order valence-corrected chi connectivity index (χ2v) is 18.5. The monoisotopic (exact) mass is 1060 g/mol. The lowest BCUT2D eigenvalue weighted by Crippen LogP contribution is -2.60. The number of carboxylic acids is 1. The molecule has 27 heteroatoms. The van der Waals surface area contributed by atoms with Crippen molar-refractivity contribution < 1.29 is 78.3 Å². The van der Waals surface area contributed by atoms with E-state index in [4.69, 9.17) is 17.2 Å². The van der Waals surface area contributed by atoms with E-state index in [2.05, 4.69) is 37.2 Å². The number of carbonyl (C=O) groups excluding carboxylic acids is 10. The molecule has 0 saturated carbocycles. The quantitative estimate of drug-likeness (QED) is 0.0349. The van der Waals surface area contributed by atoms with Gasteiger partial charge in [-0.05, 0) is 80.3 Å². The van der Waals surface area contributed by atoms with Crippen molar-refractivity contribution in [3.63, 3.8) is 0 Å². The summed E-state index contributed by atoms with van der Waals surface area (Å²) in [5, 5.41) is 66.3. The van der Waals surface area contributed by atoms with Gasteiger partial charge < -0.3 is 84.9 Å². The molecule has 0 radical (unpaired) electrons. The molecular formula is C48H69N11O16. The number of phenols is 2. The smallest absolute Gasteiger partial charge is 0.328 e. The third-order valence-electron chi connectivity index (χ3n) is 11.8. The Morgan fingerprint density at radius 1 is 0.640 bits per heavy atom. The van der Waals surface area contributed by atoms with Gasteiger partial charge in [0.2, 0.25) is 59.1 Å². The number of likely N-dealkylation sites (tertiary alicyclic amines) is 1. The number of primary amides is 2. The van der Waals surface area contributed by atoms with Crippen molar-refractivity contribution in [3.8, 4) is 11.5 Å². The minimum absolute atomic E-state index is 0.0274. The molecule has 0 unspecified atom stereocenters. The van der Waals surface area contributed by atoms with E-state index in [1.165, 1.54) is 48.5 Å². The molecular weight excluding hydrogens is 987 g/mol. The number of nitrogens with zero attached hydrogens (tertiary/aromatic N) is 1. The van der Waals surface area contributed by atoms with Crippen molar-refractivity contribution in [3.05, 3.63) is 59.7 Å². The maximum Gasteiger partial charge on any atom is 0.328 e. The van der Waals surface area contributed by atoms with E-state index in [0.717, 1.165) is 11.8 Å². The predicted molar refractivity (Wildman–Crippen MR) is 264 cm³/mol. The van der Waals surface area contributed by atoms with Crippen LogP contribution in [0, 0.1) is 5.92 Å². The number of carboxylic acid groups (broad SMARTS) is 1. The first-order valence-electron chi connectivity index (χ1n) is 24.1. The van der Waals surface area contributed by atoms with Crippen LogP contribution in [0.2, 0.25) is 0 Å². The van der Waals surface area contributed by atoms with Crippen LogP contribution < -0.4 is 54.4 Å². The second-order valence-electron chi connectivity index (χ2n) is 18.5. The topological polar surface area (TPSA) is 454 Å². The maximum absolute atomic E-state index is 14.5. The van der Waals surface area contributed by atoms with Gasteiger partial charge in [0.25, 0.3) is 0 Å². The fourth-order valence-corrected chi connectivity index (χ4v) is 7.84. The molecule has 2 aromatic carbocycles. The number of phenolic OH excluding ortho intramolecular Hbond substituents is 2. The van der Waals surface area contributed by atoms with Crippen LogP contribution in [0.4, 0.5) is 0 Å². The van der Waals surface area contributed by atoms with E-state index in [-0.39, 0.29) is 68.9 Å². The first-order chi connectivity index (χ1) is 35.3. The SMILES string of the molecule is CC(C)C[C@H](N)C(=O)N[C@@H](CCC(N)=O)C(=O)NCC(=O)N[C@@H](CCC(N)=O)C(=O)N[C@@H](CO)C(=O)N[C@@H](Cc1ccc(O)cc1)C(=O)N1CCC[C@H]1C(=O)N[C@@H](Cc1ccc(O)cc1)C(=O)N[C@H](C(=O)O)[C@@H](C)O. The van der Waals surface area contributed by atoms with Gasteiger partial charge in [-0.1, -0.05) is 38.1 Å². The summed E-state index contributed by atoms with van der Waals surface area (Å²) in [6.45, 7) is 2.87. The lowest BCUT2D eigenvalue weighted by molar-refractivity contribution is -0.145. The number of aliphatic carboxylic acids is 1. The van der Waals surface area contributed by atoms with Gasteiger partial charge in [-0.25, -0.2) is 4.79 Å². The second kappa shape index (κ2) is 29.7. The Morgan fingerprint density at radius 2 is 1.12 bits per heavy atom. The van der Waals surface area contributed by atoms with Crippen LogP contribution in [0.5, 0.6) is 11.5 Å². The summed E-state index contributed by atoms with van der Waals surface area (Å²) in [4.78, 5) is 145. The maximum atomic E-state index is 14.5. The molecule has 0 spiro atoms. The first kappa shape index (κ1) is 61.4. The number of hydrogen-bond acceptors (Lipinski definition) is 16. The standard InChI is InChI=1S/C48H69N11O16/c1-24(2)19-30(49)41(67)54-31(14-16-37(50)64)42(68)52-22-39(66)53-32(15-17-38(51)65)43(69)57-35(23-60)45(71)56-34(21-27-8-12-29(63)13-9-27)47(73)59-18-4-5-36(59)46(72)55-33(20-26-6-10-28(62)11-7-26)44(70)58-40(25(3)61)48(74)75/h6-13,24-25,30-36,40,60-63H,4-5,14-23,49H2,1-3H3,(H2,50,64)(H2,51,65)(H,52,68)(H,53,66)(H,54,67)(H,55,72)(H,56,71)(H,57,69)(H,58,70)(H,74,75)/t25-,30+,31+,32+,33+,34+,35+,36+,40+/m1/s1. The zero-order chi connectivity index (χ0) is 56.1. The number of aromatic hydroxyl groups is 2. The molecule has 412 valence electrons. The molecule has 27 nitrogen and oxygen atoms in total. The van der Waals surface area contributed by atoms with Gasteiger partial charge >= 0.3 is 5.97 Å². The van der Waals surface area contributed by atoms with Gasteiger partial charge in [0.15, 0.2) is 6.04 Å². The zero-order valence-corrected chi connectivity index (χ0v) is 41.8. The molecule has 0 aliphatic carbocycles. The normalized spacial score (nSPS) is 16.3. The molecule has 18 N–H and O–H groups in total. The molecule has 0 aromatic heterocycles. The van der Waals surface area contributed by atoms with Crippen molar-refractivity contribution in [2.75, 3.05) is 19.7 Å². The molecule has 9 atom stereocenters. The van der Waals surface area contributed by atoms with Crippen LogP contribution in [0.1, 0.15) is 76.8 Å². The summed E-state index contributed by atoms with van der Waals surface area (Å²) in [7, 11) is 0. The van der Waals surface area contributed by atoms with Gasteiger partial charge in [-0.3, -0.25) is 47.9 Å². The van der Waals surface area contributed by atoms with Crippen LogP contribution in [0.3, 0.4) is 0 Å². The van der Waals surface area contributed by atoms with Crippen LogP contribution >= 0.6 is 0 Å². The molecule has 1 fully saturated rings. The number of amides is 10. The average Bonchev–Trinajstić information content (AvgIpc) is 3.84. The lowest BCUT2D eigenvalue weighted by atomic mass is 10.0. The van der Waals surface area contributed by atoms with E-state index in [9.17, 15) is 78.3 Å². The highest BCUT2D eigenvalue weighted by atomic mass is 16.4. The van der Waals surface area contributed by atoms with Crippen LogP contribution in [0.15, 0.2) is 48.5 Å². The minimum Gasteiger partial charge on any atom is -0.508 e. The number of aliphatic hydroxyl groups excluding tert-OH is 2. The molecule has 1 heterocycles. The fourth-order valence-electron chi connectivity index (χ4n) is 7.84. The van der Waals surface area contributed by atoms with Crippen LogP contribution in [0.25, 0.3) is 0 Å². The number of nitrogens with two attached hydrogens (primary N) is 3. The molecule has 1 saturated heterocycles. The fraction of sp³-hybridized carbons (Fsp3) is 0.521. The Balaban J connectivity index is 1.83. The Kier molecular flexibility index (Phi) is 24.3. The van der Waals surface area contributed by atoms with E-state index in [1.54, 1.807) is 0 Å². The Hall–Kier alpha value is -7.91. The Labute approximate surface area is 431 Å². The third kappa shape index (κ3) is 20.5. The van der Waals surface area contributed by atoms with Gasteiger partial charge in [-0.15, -0.1) is 0 Å². The number of aliphatic hydroxyl groups is 2. The van der Waals surface area contributed by atoms with Crippen LogP contribution in [-0.4, -0.2) is 170 Å². The van der Waals surface area contributed by atoms with Gasteiger partial charge in [0.05, 0.1) is 25.3 Å². The lowest BCUT2D eigenvalue weighted by Gasteiger charge is -2.31. The molecule has 1 aliphatic heterocycles. The van der Waals surface area contributed by atoms with Crippen molar-refractivity contribution in [1.82, 2.24) is 42.1 Å². The number of rotatable bonds is 30. The summed E-state index contributed by atoms with van der Waals surface area (Å²) in [6.07, 6.45) is -2.93. The van der Waals surface area contributed by atoms with E-state index in [0.29, 0.717) is 11.1 Å². The summed E-state index contributed by atoms with van der Waals surface area (Å²) in [5.41, 5.74) is 17.3. The summed E-state index contributed by atoms with van der Waals surface area (Å²) in [6, 6.07) is -0.755. The van der Waals surface area contributed by atoms with Gasteiger partial charge in [-0.2, -0.15) is 0 Å². The number of carbonyl (C=O) groups is 11. The number of benzene rings is 2. The number of nitrogens with one attached hydrogen (secondary N) is 7. The van der Waals surface area contributed by atoms with Gasteiger partial charge in [0, 0.05) is 32.2 Å². The highest BCUT2D eigenvalue weighted by Crippen LogP contribution is 2.22. The average molecular weight is 1060 g/mol. The third-order valence-corrected chi connectivity index (χ3v) is 11.8. The van der Waals surface area contributed by atoms with Gasteiger partial charge in [0.1, 0.15) is 47.8 Å². The van der Waals surface area contributed by atoms with E-state index >= 15 is 0 Å². The molecule has 3 rings (SSSR count). The first-order valence-corrected chi connectivity index (χ1v) is 24.1. The number of hydrogen-bond donors (Lipinski definition) is 15. The Bertz CT molecular complexity index is 2350. The predicted octanol–water partition coefficient (Wildman–Crippen LogP) is -4.74. The van der Waals surface area contributed by atoms with Crippen molar-refractivity contribution in [2.24, 2.45) is 23.1 Å². The van der Waals surface area contributed by atoms with Crippen LogP contribution in [-0.2, 0) is 65.6 Å². The van der Waals surface area contributed by atoms with E-state index < -0.39 is 145 Å². The summed E-state index contributed by atoms with van der Waals surface area (Å²) < 4.78 is 0. The minimum atomic E-state index is -1.83.